The van der Waals surface area contributed by atoms with Gasteiger partial charge in [0, 0.05) is 34.3 Å². The molecule has 0 aliphatic rings. The van der Waals surface area contributed by atoms with Gasteiger partial charge in [0.05, 0.1) is 9.82 Å². The van der Waals surface area contributed by atoms with Crippen molar-refractivity contribution in [1.29, 1.82) is 0 Å². The molecular weight excluding hydrogens is 286 g/mol. The molecule has 7 nitrogen and oxygen atoms in total. The molecule has 0 aliphatic carbocycles. The van der Waals surface area contributed by atoms with Crippen molar-refractivity contribution in [2.24, 2.45) is 0 Å². The molecule has 0 fully saturated rings. The van der Waals surface area contributed by atoms with Crippen molar-refractivity contribution in [3.8, 4) is 11.8 Å². The van der Waals surface area contributed by atoms with Gasteiger partial charge in [0.15, 0.2) is 0 Å². The smallest absolute Gasteiger partial charge is 0.382 e. The molecule has 9 heteroatoms. The average Bonchev–Trinajstić information content (AvgIpc) is 2.24. The van der Waals surface area contributed by atoms with Crippen LogP contribution in [-0.4, -0.2) is 24.4 Å². The molecule has 0 amide bonds. The number of nitro benzene ring substituents is 1. The van der Waals surface area contributed by atoms with Crippen molar-refractivity contribution < 1.29 is 23.2 Å². The van der Waals surface area contributed by atoms with Gasteiger partial charge >= 0.3 is 5.97 Å². The zero-order valence-corrected chi connectivity index (χ0v) is 10.0. The predicted molar refractivity (Wildman–Crippen MR) is 60.6 cm³/mol. The van der Waals surface area contributed by atoms with Crippen LogP contribution in [0.4, 0.5) is 5.69 Å². The van der Waals surface area contributed by atoms with E-state index < -0.39 is 30.5 Å². The Kier molecular flexibility index (Phi) is 3.90. The van der Waals surface area contributed by atoms with Gasteiger partial charge < -0.3 is 5.11 Å². The molecule has 1 N–H and O–H groups in total. The fourth-order valence-corrected chi connectivity index (χ4v) is 1.82. The largest absolute Gasteiger partial charge is 0.472 e. The number of nitrogens with zero attached hydrogens (tertiary/aromatic N) is 1. The van der Waals surface area contributed by atoms with Gasteiger partial charge in [-0.25, -0.2) is 13.2 Å². The van der Waals surface area contributed by atoms with Crippen LogP contribution in [0.3, 0.4) is 0 Å². The number of carboxylic acid groups (broad SMARTS) is 1. The van der Waals surface area contributed by atoms with Gasteiger partial charge in [-0.1, -0.05) is 5.92 Å². The van der Waals surface area contributed by atoms with E-state index in [9.17, 15) is 23.3 Å². The Morgan fingerprint density at radius 3 is 2.44 bits per heavy atom. The maximum absolute atomic E-state index is 11.1. The summed E-state index contributed by atoms with van der Waals surface area (Å²) in [4.78, 5) is 19.4. The molecule has 0 radical (unpaired) electrons. The maximum Gasteiger partial charge on any atom is 0.382 e. The van der Waals surface area contributed by atoms with E-state index in [-0.39, 0.29) is 5.56 Å². The summed E-state index contributed by atoms with van der Waals surface area (Å²) in [5.74, 6) is 2.34. The van der Waals surface area contributed by atoms with Crippen molar-refractivity contribution in [1.82, 2.24) is 0 Å². The lowest BCUT2D eigenvalue weighted by Gasteiger charge is -1.98. The molecule has 1 aromatic rings. The zero-order valence-electron chi connectivity index (χ0n) is 8.45. The first-order chi connectivity index (χ1) is 8.20. The van der Waals surface area contributed by atoms with E-state index in [2.05, 4.69) is 5.92 Å². The van der Waals surface area contributed by atoms with E-state index in [0.29, 0.717) is 0 Å². The Labute approximate surface area is 106 Å². The molecule has 94 valence electrons. The molecule has 1 aromatic carbocycles. The number of carboxylic acids is 1. The third-order valence-corrected chi connectivity index (χ3v) is 3.03. The Morgan fingerprint density at radius 1 is 1.39 bits per heavy atom. The average molecular weight is 290 g/mol. The molecule has 0 heterocycles. The van der Waals surface area contributed by atoms with Crippen LogP contribution in [0.1, 0.15) is 5.56 Å². The molecule has 0 aromatic heterocycles. The number of hydrogen-bond acceptors (Lipinski definition) is 5. The van der Waals surface area contributed by atoms with Crippen molar-refractivity contribution in [3.63, 3.8) is 0 Å². The van der Waals surface area contributed by atoms with Gasteiger partial charge in [-0.15, -0.1) is 0 Å². The summed E-state index contributed by atoms with van der Waals surface area (Å²) in [6.45, 7) is 0. The van der Waals surface area contributed by atoms with Crippen LogP contribution in [0.15, 0.2) is 23.1 Å². The molecule has 0 saturated carbocycles. The van der Waals surface area contributed by atoms with Crippen LogP contribution in [0, 0.1) is 22.0 Å². The third kappa shape index (κ3) is 3.73. The normalized spacial score (nSPS) is 10.3. The van der Waals surface area contributed by atoms with Gasteiger partial charge in [-0.05, 0) is 6.07 Å². The Bertz CT molecular complexity index is 685. The molecule has 0 aliphatic heterocycles. The van der Waals surface area contributed by atoms with Gasteiger partial charge in [0.1, 0.15) is 0 Å². The lowest BCUT2D eigenvalue weighted by Crippen LogP contribution is -1.96. The van der Waals surface area contributed by atoms with E-state index in [1.165, 1.54) is 0 Å². The second-order valence-corrected chi connectivity index (χ2v) is 5.53. The fraction of sp³-hybridized carbons (Fsp3) is 0. The van der Waals surface area contributed by atoms with Crippen LogP contribution in [0.2, 0.25) is 0 Å². The first kappa shape index (κ1) is 14.0. The quantitative estimate of drug-likeness (QED) is 0.375. The summed E-state index contributed by atoms with van der Waals surface area (Å²) in [6.07, 6.45) is 0. The highest BCUT2D eigenvalue weighted by Crippen LogP contribution is 2.22. The maximum atomic E-state index is 11.1. The molecule has 0 atom stereocenters. The SMILES string of the molecule is O=C(O)C#Cc1cc([N+](=O)[O-])cc(S(=O)(=O)Cl)c1. The standard InChI is InChI=1S/C9H4ClNO6S/c10-18(16,17)8-4-6(1-2-9(12)13)3-7(5-8)11(14)15/h3-5H,(H,12,13). The van der Waals surface area contributed by atoms with Crippen molar-refractivity contribution in [2.75, 3.05) is 0 Å². The lowest BCUT2D eigenvalue weighted by atomic mass is 10.2. The molecule has 1 rings (SSSR count). The molecule has 0 unspecified atom stereocenters. The Hall–Kier alpha value is -2.11. The predicted octanol–water partition coefficient (Wildman–Crippen LogP) is 0.958. The summed E-state index contributed by atoms with van der Waals surface area (Å²) >= 11 is 0. The van der Waals surface area contributed by atoms with Crippen molar-refractivity contribution in [3.05, 3.63) is 33.9 Å². The van der Waals surface area contributed by atoms with Crippen molar-refractivity contribution >= 4 is 31.4 Å². The molecule has 18 heavy (non-hydrogen) atoms. The molecule has 0 spiro atoms. The monoisotopic (exact) mass is 289 g/mol. The van der Waals surface area contributed by atoms with Gasteiger partial charge in [-0.2, -0.15) is 0 Å². The van der Waals surface area contributed by atoms with Gasteiger partial charge in [0.2, 0.25) is 0 Å². The minimum Gasteiger partial charge on any atom is -0.472 e. The van der Waals surface area contributed by atoms with E-state index >= 15 is 0 Å². The van der Waals surface area contributed by atoms with Crippen LogP contribution >= 0.6 is 10.7 Å². The highest BCUT2D eigenvalue weighted by molar-refractivity contribution is 8.13. The highest BCUT2D eigenvalue weighted by atomic mass is 35.7. The Balaban J connectivity index is 3.47. The second kappa shape index (κ2) is 5.03. The number of aliphatic carboxylic acids is 1. The van der Waals surface area contributed by atoms with E-state index in [1.807, 2.05) is 0 Å². The number of hydrogen-bond donors (Lipinski definition) is 1. The number of halogens is 1. The van der Waals surface area contributed by atoms with Gasteiger partial charge in [0.25, 0.3) is 14.7 Å². The fourth-order valence-electron chi connectivity index (χ4n) is 1.03. The van der Waals surface area contributed by atoms with E-state index in [1.54, 1.807) is 5.92 Å². The molecule has 0 bridgehead atoms. The van der Waals surface area contributed by atoms with E-state index in [0.717, 1.165) is 18.2 Å². The first-order valence-electron chi connectivity index (χ1n) is 4.19. The summed E-state index contributed by atoms with van der Waals surface area (Å²) in [7, 11) is 0.888. The summed E-state index contributed by atoms with van der Waals surface area (Å²) < 4.78 is 22.2. The highest BCUT2D eigenvalue weighted by Gasteiger charge is 2.17. The minimum absolute atomic E-state index is 0.133. The van der Waals surface area contributed by atoms with Crippen LogP contribution in [0.25, 0.3) is 0 Å². The second-order valence-electron chi connectivity index (χ2n) is 2.97. The molecular formula is C9H4ClNO6S. The number of benzene rings is 1. The molecule has 0 saturated heterocycles. The first-order valence-corrected chi connectivity index (χ1v) is 6.50. The number of rotatable bonds is 2. The third-order valence-electron chi connectivity index (χ3n) is 1.70. The number of non-ortho nitro benzene ring substituents is 1. The van der Waals surface area contributed by atoms with Crippen LogP contribution in [-0.2, 0) is 13.8 Å². The lowest BCUT2D eigenvalue weighted by molar-refractivity contribution is -0.385. The van der Waals surface area contributed by atoms with Crippen LogP contribution in [0.5, 0.6) is 0 Å². The van der Waals surface area contributed by atoms with Crippen molar-refractivity contribution in [2.45, 2.75) is 4.90 Å². The minimum atomic E-state index is -4.17. The summed E-state index contributed by atoms with van der Waals surface area (Å²) in [5.41, 5.74) is -0.683. The zero-order chi connectivity index (χ0) is 13.9. The number of carbonyl (C=O) groups is 1. The Morgan fingerprint density at radius 2 is 2.00 bits per heavy atom. The van der Waals surface area contributed by atoms with Gasteiger partial charge in [-0.3, -0.25) is 10.1 Å². The topological polar surface area (TPSA) is 115 Å². The summed E-state index contributed by atoms with van der Waals surface area (Å²) in [5, 5.41) is 18.9. The van der Waals surface area contributed by atoms with E-state index in [4.69, 9.17) is 15.8 Å². The number of nitro groups is 1. The van der Waals surface area contributed by atoms with Crippen LogP contribution < -0.4 is 0 Å². The summed E-state index contributed by atoms with van der Waals surface area (Å²) in [6, 6.07) is 2.65.